The van der Waals surface area contributed by atoms with E-state index in [-0.39, 0.29) is 42.4 Å². The number of hydrogen-bond donors (Lipinski definition) is 1. The van der Waals surface area contributed by atoms with Crippen molar-refractivity contribution >= 4 is 21.9 Å². The Hall–Kier alpha value is -2.72. The van der Waals surface area contributed by atoms with Crippen LogP contribution in [0.25, 0.3) is 0 Å². The molecule has 2 aromatic rings. The van der Waals surface area contributed by atoms with Crippen LogP contribution < -0.4 is 5.32 Å². The second-order valence-corrected chi connectivity index (χ2v) is 8.46. The van der Waals surface area contributed by atoms with Crippen molar-refractivity contribution in [3.05, 3.63) is 48.0 Å². The minimum Gasteiger partial charge on any atom is -0.460 e. The molecule has 1 fully saturated rings. The average molecular weight is 421 g/mol. The van der Waals surface area contributed by atoms with Crippen LogP contribution in [0.4, 0.5) is 0 Å². The number of pyridine rings is 1. The number of carbonyl (C=O) groups is 2. The van der Waals surface area contributed by atoms with E-state index >= 15 is 0 Å². The summed E-state index contributed by atoms with van der Waals surface area (Å²) in [7, 11) is -3.87. The van der Waals surface area contributed by atoms with E-state index in [0.717, 1.165) is 5.56 Å². The molecule has 0 spiro atoms. The number of rotatable bonds is 7. The highest BCUT2D eigenvalue weighted by molar-refractivity contribution is 7.89. The smallest absolute Gasteiger partial charge is 0.374 e. The highest BCUT2D eigenvalue weighted by Crippen LogP contribution is 2.25. The third-order valence-electron chi connectivity index (χ3n) is 4.69. The molecule has 0 unspecified atom stereocenters. The zero-order valence-corrected chi connectivity index (χ0v) is 16.9. The summed E-state index contributed by atoms with van der Waals surface area (Å²) < 4.78 is 36.7. The van der Waals surface area contributed by atoms with E-state index in [2.05, 4.69) is 10.3 Å². The monoisotopic (exact) mass is 421 g/mol. The highest BCUT2D eigenvalue weighted by Gasteiger charge is 2.34. The van der Waals surface area contributed by atoms with E-state index in [1.807, 2.05) is 12.1 Å². The van der Waals surface area contributed by atoms with Gasteiger partial charge in [-0.2, -0.15) is 4.31 Å². The van der Waals surface area contributed by atoms with E-state index in [1.54, 1.807) is 19.3 Å². The van der Waals surface area contributed by atoms with Gasteiger partial charge in [0.1, 0.15) is 0 Å². The summed E-state index contributed by atoms with van der Waals surface area (Å²) in [5.74, 6) is -1.22. The van der Waals surface area contributed by atoms with Crippen molar-refractivity contribution in [1.29, 1.82) is 0 Å². The maximum Gasteiger partial charge on any atom is 0.374 e. The van der Waals surface area contributed by atoms with E-state index in [9.17, 15) is 18.0 Å². The van der Waals surface area contributed by atoms with Gasteiger partial charge in [0.05, 0.1) is 6.61 Å². The zero-order valence-electron chi connectivity index (χ0n) is 16.0. The van der Waals surface area contributed by atoms with Crippen molar-refractivity contribution < 1.29 is 27.2 Å². The van der Waals surface area contributed by atoms with E-state index < -0.39 is 16.0 Å². The van der Waals surface area contributed by atoms with Crippen LogP contribution >= 0.6 is 0 Å². The molecule has 1 aliphatic heterocycles. The van der Waals surface area contributed by atoms with Gasteiger partial charge in [0.25, 0.3) is 10.0 Å². The molecule has 0 atom stereocenters. The Balaban J connectivity index is 1.55. The fraction of sp³-hybridized carbons (Fsp3) is 0.421. The van der Waals surface area contributed by atoms with E-state index in [4.69, 9.17) is 9.15 Å². The Morgan fingerprint density at radius 1 is 1.21 bits per heavy atom. The van der Waals surface area contributed by atoms with Gasteiger partial charge in [0.15, 0.2) is 0 Å². The summed E-state index contributed by atoms with van der Waals surface area (Å²) in [6.07, 6.45) is 4.14. The molecule has 1 amide bonds. The first kappa shape index (κ1) is 21.0. The number of furan rings is 1. The number of ether oxygens (including phenoxy) is 1. The molecule has 9 nitrogen and oxygen atoms in total. The molecular weight excluding hydrogens is 398 g/mol. The Kier molecular flexibility index (Phi) is 6.65. The SMILES string of the molecule is CCOC(=O)c1ccc(S(=O)(=O)N2CCC(C(=O)NCc3ccncc3)CC2)o1. The van der Waals surface area contributed by atoms with E-state index in [0.29, 0.717) is 19.4 Å². The first-order valence-corrected chi connectivity index (χ1v) is 10.8. The number of carbonyl (C=O) groups excluding carboxylic acids is 2. The second kappa shape index (κ2) is 9.19. The van der Waals surface area contributed by atoms with Crippen molar-refractivity contribution in [2.24, 2.45) is 5.92 Å². The topological polar surface area (TPSA) is 119 Å². The fourth-order valence-corrected chi connectivity index (χ4v) is 4.47. The fourth-order valence-electron chi connectivity index (χ4n) is 3.09. The van der Waals surface area contributed by atoms with Crippen molar-refractivity contribution in [3.63, 3.8) is 0 Å². The van der Waals surface area contributed by atoms with E-state index in [1.165, 1.54) is 16.4 Å². The molecule has 0 radical (unpaired) electrons. The molecule has 0 saturated carbocycles. The Labute approximate surface area is 169 Å². The zero-order chi connectivity index (χ0) is 20.9. The van der Waals surface area contributed by atoms with Gasteiger partial charge in [-0.1, -0.05) is 0 Å². The predicted octanol–water partition coefficient (Wildman–Crippen LogP) is 1.57. The largest absolute Gasteiger partial charge is 0.460 e. The molecule has 3 rings (SSSR count). The van der Waals surface area contributed by atoms with Gasteiger partial charge in [-0.15, -0.1) is 0 Å². The third kappa shape index (κ3) is 5.01. The number of nitrogens with one attached hydrogen (secondary N) is 1. The quantitative estimate of drug-likeness (QED) is 0.674. The first-order valence-electron chi connectivity index (χ1n) is 9.35. The Morgan fingerprint density at radius 3 is 2.55 bits per heavy atom. The van der Waals surface area contributed by atoms with Crippen molar-refractivity contribution in [3.8, 4) is 0 Å². The molecule has 0 bridgehead atoms. The molecule has 0 aromatic carbocycles. The molecular formula is C19H23N3O6S. The maximum absolute atomic E-state index is 12.7. The first-order chi connectivity index (χ1) is 13.9. The summed E-state index contributed by atoms with van der Waals surface area (Å²) in [5.41, 5.74) is 0.948. The number of aromatic nitrogens is 1. The summed E-state index contributed by atoms with van der Waals surface area (Å²) in [6.45, 7) is 2.62. The van der Waals surface area contributed by atoms with Gasteiger partial charge < -0.3 is 14.5 Å². The number of amides is 1. The minimum absolute atomic E-state index is 0.0959. The Bertz CT molecular complexity index is 949. The Morgan fingerprint density at radius 2 is 1.90 bits per heavy atom. The summed E-state index contributed by atoms with van der Waals surface area (Å²) in [4.78, 5) is 28.0. The number of hydrogen-bond acceptors (Lipinski definition) is 7. The van der Waals surface area contributed by atoms with Crippen LogP contribution in [0.1, 0.15) is 35.9 Å². The molecule has 1 N–H and O–H groups in total. The molecule has 2 aromatic heterocycles. The lowest BCUT2D eigenvalue weighted by Gasteiger charge is -2.29. The number of esters is 1. The van der Waals surface area contributed by atoms with Gasteiger partial charge >= 0.3 is 5.97 Å². The average Bonchev–Trinajstić information content (AvgIpc) is 3.24. The molecule has 29 heavy (non-hydrogen) atoms. The molecule has 10 heteroatoms. The number of sulfonamides is 1. The van der Waals surface area contributed by atoms with Crippen LogP contribution in [0.3, 0.4) is 0 Å². The molecule has 1 saturated heterocycles. The van der Waals surface area contributed by atoms with Gasteiger partial charge in [-0.25, -0.2) is 13.2 Å². The molecule has 1 aliphatic rings. The highest BCUT2D eigenvalue weighted by atomic mass is 32.2. The third-order valence-corrected chi connectivity index (χ3v) is 6.47. The van der Waals surface area contributed by atoms with Crippen molar-refractivity contribution in [2.75, 3.05) is 19.7 Å². The van der Waals surface area contributed by atoms with Crippen LogP contribution in [0.2, 0.25) is 0 Å². The summed E-state index contributed by atoms with van der Waals surface area (Å²) >= 11 is 0. The van der Waals surface area contributed by atoms with Gasteiger partial charge in [0, 0.05) is 37.9 Å². The normalized spacial score (nSPS) is 15.8. The van der Waals surface area contributed by atoms with Gasteiger partial charge in [-0.3, -0.25) is 9.78 Å². The lowest BCUT2D eigenvalue weighted by molar-refractivity contribution is -0.126. The van der Waals surface area contributed by atoms with Crippen molar-refractivity contribution in [1.82, 2.24) is 14.6 Å². The number of piperidine rings is 1. The molecule has 156 valence electrons. The van der Waals surface area contributed by atoms with Crippen LogP contribution in [0.15, 0.2) is 46.2 Å². The van der Waals surface area contributed by atoms with Crippen LogP contribution in [-0.2, 0) is 26.1 Å². The van der Waals surface area contributed by atoms with Gasteiger partial charge in [-0.05, 0) is 49.6 Å². The predicted molar refractivity (Wildman–Crippen MR) is 102 cm³/mol. The molecule has 3 heterocycles. The lowest BCUT2D eigenvalue weighted by atomic mass is 9.97. The lowest BCUT2D eigenvalue weighted by Crippen LogP contribution is -2.42. The van der Waals surface area contributed by atoms with Crippen LogP contribution in [-0.4, -0.2) is 49.3 Å². The minimum atomic E-state index is -3.87. The van der Waals surface area contributed by atoms with Crippen molar-refractivity contribution in [2.45, 2.75) is 31.4 Å². The standard InChI is InChI=1S/C19H23N3O6S/c1-2-27-19(24)16-3-4-17(28-16)29(25,26)22-11-7-15(8-12-22)18(23)21-13-14-5-9-20-10-6-14/h3-6,9-10,15H,2,7-8,11-13H2,1H3,(H,21,23). The summed E-state index contributed by atoms with van der Waals surface area (Å²) in [6, 6.07) is 6.17. The van der Waals surface area contributed by atoms with Crippen LogP contribution in [0, 0.1) is 5.92 Å². The van der Waals surface area contributed by atoms with Crippen LogP contribution in [0.5, 0.6) is 0 Å². The maximum atomic E-state index is 12.7. The number of nitrogens with zero attached hydrogens (tertiary/aromatic N) is 2. The van der Waals surface area contributed by atoms with Gasteiger partial charge in [0.2, 0.25) is 16.8 Å². The summed E-state index contributed by atoms with van der Waals surface area (Å²) in [5, 5.41) is 2.57. The second-order valence-electron chi connectivity index (χ2n) is 6.59. The molecule has 0 aliphatic carbocycles.